The van der Waals surface area contributed by atoms with Gasteiger partial charge in [-0.2, -0.15) is 9.98 Å². The zero-order valence-corrected chi connectivity index (χ0v) is 18.8. The van der Waals surface area contributed by atoms with E-state index in [-0.39, 0.29) is 10.2 Å². The summed E-state index contributed by atoms with van der Waals surface area (Å²) in [5.74, 6) is -1.01. The van der Waals surface area contributed by atoms with Crippen LogP contribution in [-0.2, 0) is 20.3 Å². The van der Waals surface area contributed by atoms with Gasteiger partial charge in [-0.15, -0.1) is 0 Å². The highest BCUT2D eigenvalue weighted by Gasteiger charge is 2.41. The summed E-state index contributed by atoms with van der Waals surface area (Å²) in [5.41, 5.74) is -5.72. The number of nitro groups is 1. The van der Waals surface area contributed by atoms with Crippen LogP contribution in [0.5, 0.6) is 0 Å². The van der Waals surface area contributed by atoms with Crippen molar-refractivity contribution in [2.45, 2.75) is 23.0 Å². The van der Waals surface area contributed by atoms with Crippen LogP contribution in [0, 0.1) is 27.3 Å². The molecule has 0 bridgehead atoms. The van der Waals surface area contributed by atoms with E-state index >= 15 is 0 Å². The molecule has 0 spiro atoms. The summed E-state index contributed by atoms with van der Waals surface area (Å²) in [6.45, 7) is -2.89. The van der Waals surface area contributed by atoms with Gasteiger partial charge in [0.15, 0.2) is 4.90 Å². The number of halogens is 4. The molecule has 1 heterocycles. The van der Waals surface area contributed by atoms with Gasteiger partial charge in [-0.3, -0.25) is 10.1 Å². The number of alkyl halides is 2. The predicted octanol–water partition coefficient (Wildman–Crippen LogP) is 3.30. The fourth-order valence-electron chi connectivity index (χ4n) is 2.67. The number of benzene rings is 1. The van der Waals surface area contributed by atoms with Crippen molar-refractivity contribution < 1.29 is 31.2 Å². The van der Waals surface area contributed by atoms with E-state index in [9.17, 15) is 31.7 Å². The maximum absolute atomic E-state index is 14.6. The number of nitriles is 1. The monoisotopic (exact) mass is 536 g/mol. The van der Waals surface area contributed by atoms with Gasteiger partial charge in [0.1, 0.15) is 29.8 Å². The second-order valence-electron chi connectivity index (χ2n) is 6.81. The van der Waals surface area contributed by atoms with Crippen LogP contribution in [0.2, 0.25) is 0 Å². The van der Waals surface area contributed by atoms with Crippen molar-refractivity contribution in [2.75, 3.05) is 20.0 Å². The number of rotatable bonds is 10. The summed E-state index contributed by atoms with van der Waals surface area (Å²) in [6, 6.07) is 6.84. The maximum Gasteiger partial charge on any atom is 0.289 e. The van der Waals surface area contributed by atoms with Crippen LogP contribution in [0.1, 0.15) is 12.5 Å². The average molecular weight is 537 g/mol. The lowest BCUT2D eigenvalue weighted by Crippen LogP contribution is -2.50. The first-order valence-corrected chi connectivity index (χ1v) is 11.0. The molecule has 0 radical (unpaired) electrons. The van der Waals surface area contributed by atoms with Crippen LogP contribution >= 0.6 is 15.9 Å². The molecule has 2 rings (SSSR count). The molecule has 1 unspecified atom stereocenters. The number of nitro benzene ring substituents is 1. The van der Waals surface area contributed by atoms with Crippen LogP contribution in [0.4, 0.5) is 18.9 Å². The molecule has 1 atom stereocenters. The molecule has 0 aliphatic heterocycles. The number of nitrogens with zero attached hydrogens (tertiary/aromatic N) is 3. The van der Waals surface area contributed by atoms with Gasteiger partial charge in [-0.05, 0) is 35.0 Å². The van der Waals surface area contributed by atoms with E-state index in [0.29, 0.717) is 0 Å². The van der Waals surface area contributed by atoms with Gasteiger partial charge < -0.3 is 4.74 Å². The minimum absolute atomic E-state index is 0.0903. The molecule has 0 aliphatic carbocycles. The van der Waals surface area contributed by atoms with Crippen molar-refractivity contribution in [3.63, 3.8) is 0 Å². The van der Waals surface area contributed by atoms with E-state index in [2.05, 4.69) is 25.6 Å². The van der Waals surface area contributed by atoms with Crippen molar-refractivity contribution in [3.8, 4) is 6.07 Å². The summed E-state index contributed by atoms with van der Waals surface area (Å²) < 4.78 is 74.6. The Bertz CT molecular complexity index is 1160. The third kappa shape index (κ3) is 5.41. The van der Waals surface area contributed by atoms with Crippen LogP contribution in [0.25, 0.3) is 0 Å². The molecule has 1 aromatic carbocycles. The van der Waals surface area contributed by atoms with Gasteiger partial charge in [-0.1, -0.05) is 12.1 Å². The molecule has 1 aromatic heterocycles. The van der Waals surface area contributed by atoms with Crippen molar-refractivity contribution in [1.29, 1.82) is 5.26 Å². The lowest BCUT2D eigenvalue weighted by atomic mass is 9.94. The number of aromatic nitrogens is 1. The lowest BCUT2D eigenvalue weighted by molar-refractivity contribution is -0.387. The summed E-state index contributed by atoms with van der Waals surface area (Å²) in [6.07, 6.45) is 0.763. The van der Waals surface area contributed by atoms with Crippen LogP contribution in [0.15, 0.2) is 46.0 Å². The number of para-hydroxylation sites is 1. The highest BCUT2D eigenvalue weighted by atomic mass is 79.9. The Morgan fingerprint density at radius 2 is 1.97 bits per heavy atom. The fourth-order valence-corrected chi connectivity index (χ4v) is 4.55. The highest BCUT2D eigenvalue weighted by molar-refractivity contribution is 9.10. The van der Waals surface area contributed by atoms with Gasteiger partial charge in [-0.25, -0.2) is 26.6 Å². The molecule has 9 nitrogen and oxygen atoms in total. The number of pyridine rings is 1. The Labute approximate surface area is 189 Å². The average Bonchev–Trinajstić information content (AvgIpc) is 2.76. The number of nitrogens with one attached hydrogen (secondary N) is 1. The zero-order valence-electron chi connectivity index (χ0n) is 16.4. The van der Waals surface area contributed by atoms with Crippen LogP contribution < -0.4 is 4.72 Å². The van der Waals surface area contributed by atoms with E-state index in [1.807, 2.05) is 0 Å². The second kappa shape index (κ2) is 9.90. The Hall–Kier alpha value is -2.60. The number of ether oxygens (including phenoxy) is 1. The zero-order chi connectivity index (χ0) is 24.2. The van der Waals surface area contributed by atoms with E-state index in [0.717, 1.165) is 31.3 Å². The molecule has 0 saturated carbocycles. The third-order valence-electron chi connectivity index (χ3n) is 4.40. The predicted molar refractivity (Wildman–Crippen MR) is 109 cm³/mol. The second-order valence-corrected chi connectivity index (χ2v) is 9.27. The van der Waals surface area contributed by atoms with Crippen molar-refractivity contribution in [3.05, 3.63) is 62.6 Å². The van der Waals surface area contributed by atoms with E-state index in [4.69, 9.17) is 10.00 Å². The fraction of sp³-hybridized carbons (Fsp3) is 0.333. The van der Waals surface area contributed by atoms with Gasteiger partial charge in [0.2, 0.25) is 15.6 Å². The normalized spacial score (nSPS) is 13.9. The Morgan fingerprint density at radius 1 is 1.34 bits per heavy atom. The number of sulfonamides is 1. The van der Waals surface area contributed by atoms with Gasteiger partial charge in [0.05, 0.1) is 23.3 Å². The molecule has 14 heteroatoms. The molecule has 0 amide bonds. The topological polar surface area (TPSA) is 135 Å². The standard InChI is InChI=1S/C18H16BrF3N4O5S/c1-17(11-31-18(8-20,9-21)10-23,12-6-16(19)24-7-13(12)22)25-32(29,30)15-5-3-2-4-14(15)26(27)28/h2-7,25H,8-9,11H2,1H3. The summed E-state index contributed by atoms with van der Waals surface area (Å²) >= 11 is 3.02. The molecule has 0 fully saturated rings. The Balaban J connectivity index is 2.61. The smallest absolute Gasteiger partial charge is 0.289 e. The Morgan fingerprint density at radius 3 is 2.53 bits per heavy atom. The molecule has 32 heavy (non-hydrogen) atoms. The molecule has 1 N–H and O–H groups in total. The van der Waals surface area contributed by atoms with Gasteiger partial charge in [0, 0.05) is 11.6 Å². The quantitative estimate of drug-likeness (QED) is 0.279. The maximum atomic E-state index is 14.6. The Kier molecular flexibility index (Phi) is 7.94. The number of hydrogen-bond acceptors (Lipinski definition) is 7. The summed E-state index contributed by atoms with van der Waals surface area (Å²) in [4.78, 5) is 13.3. The van der Waals surface area contributed by atoms with Crippen molar-refractivity contribution in [2.24, 2.45) is 0 Å². The third-order valence-corrected chi connectivity index (χ3v) is 6.48. The van der Waals surface area contributed by atoms with E-state index in [1.54, 1.807) is 0 Å². The first-order chi connectivity index (χ1) is 14.9. The van der Waals surface area contributed by atoms with Crippen molar-refractivity contribution >= 4 is 31.6 Å². The largest absolute Gasteiger partial charge is 0.353 e. The van der Waals surface area contributed by atoms with Crippen LogP contribution in [-0.4, -0.2) is 43.9 Å². The van der Waals surface area contributed by atoms with Crippen molar-refractivity contribution in [1.82, 2.24) is 9.71 Å². The summed E-state index contributed by atoms with van der Waals surface area (Å²) in [5, 5.41) is 20.4. The van der Waals surface area contributed by atoms with Crippen LogP contribution in [0.3, 0.4) is 0 Å². The first-order valence-electron chi connectivity index (χ1n) is 8.70. The molecule has 0 saturated heterocycles. The first kappa shape index (κ1) is 25.7. The molecule has 0 aliphatic rings. The van der Waals surface area contributed by atoms with E-state index in [1.165, 1.54) is 18.2 Å². The lowest BCUT2D eigenvalue weighted by Gasteiger charge is -2.33. The van der Waals surface area contributed by atoms with Gasteiger partial charge >= 0.3 is 0 Å². The minimum Gasteiger partial charge on any atom is -0.353 e. The molecular formula is C18H16BrF3N4O5S. The SMILES string of the molecule is CC(COC(C#N)(CF)CF)(NS(=O)(=O)c1ccccc1[N+](=O)[O-])c1cc(Br)ncc1F. The summed E-state index contributed by atoms with van der Waals surface area (Å²) in [7, 11) is -4.70. The highest BCUT2D eigenvalue weighted by Crippen LogP contribution is 2.32. The van der Waals surface area contributed by atoms with Gasteiger partial charge in [0.25, 0.3) is 5.69 Å². The molecule has 172 valence electrons. The molecular weight excluding hydrogens is 521 g/mol. The molecule has 2 aromatic rings. The van der Waals surface area contributed by atoms with E-state index < -0.39 is 62.4 Å². The number of hydrogen-bond donors (Lipinski definition) is 1. The minimum atomic E-state index is -4.70.